The Bertz CT molecular complexity index is 773. The quantitative estimate of drug-likeness (QED) is 0.899. The Labute approximate surface area is 143 Å². The zero-order valence-corrected chi connectivity index (χ0v) is 14.9. The van der Waals surface area contributed by atoms with Gasteiger partial charge in [-0.3, -0.25) is 0 Å². The maximum atomic E-state index is 12.9. The van der Waals surface area contributed by atoms with Crippen molar-refractivity contribution in [1.82, 2.24) is 18.6 Å². The first kappa shape index (κ1) is 17.1. The van der Waals surface area contributed by atoms with Gasteiger partial charge in [0.25, 0.3) is 10.2 Å². The molecule has 0 amide bonds. The number of aromatic nitrogens is 2. The second-order valence-electron chi connectivity index (χ2n) is 6.47. The summed E-state index contributed by atoms with van der Waals surface area (Å²) in [5.41, 5.74) is 0.875. The molecule has 0 radical (unpaired) electrons. The number of benzene rings is 1. The average Bonchev–Trinajstić information content (AvgIpc) is 2.99. The highest BCUT2D eigenvalue weighted by atomic mass is 32.2. The Morgan fingerprint density at radius 3 is 2.67 bits per heavy atom. The third-order valence-corrected chi connectivity index (χ3v) is 6.02. The van der Waals surface area contributed by atoms with E-state index in [1.165, 1.54) is 0 Å². The summed E-state index contributed by atoms with van der Waals surface area (Å²) in [6.07, 6.45) is 5.49. The maximum Gasteiger partial charge on any atom is 0.280 e. The van der Waals surface area contributed by atoms with E-state index >= 15 is 0 Å². The predicted molar refractivity (Wildman–Crippen MR) is 93.5 cm³/mol. The number of imidazole rings is 1. The van der Waals surface area contributed by atoms with Crippen LogP contribution >= 0.6 is 0 Å². The molecule has 1 aromatic carbocycles. The van der Waals surface area contributed by atoms with E-state index in [9.17, 15) is 8.42 Å². The van der Waals surface area contributed by atoms with Crippen LogP contribution in [0, 0.1) is 5.92 Å². The number of hydrogen-bond donors (Lipinski definition) is 1. The van der Waals surface area contributed by atoms with Crippen LogP contribution in [0.15, 0.2) is 42.7 Å². The van der Waals surface area contributed by atoms with Gasteiger partial charge in [-0.2, -0.15) is 17.4 Å². The van der Waals surface area contributed by atoms with Crippen LogP contribution in [0.2, 0.25) is 0 Å². The van der Waals surface area contributed by atoms with E-state index in [0.29, 0.717) is 24.8 Å². The van der Waals surface area contributed by atoms with Crippen molar-refractivity contribution in [2.45, 2.75) is 25.8 Å². The van der Waals surface area contributed by atoms with Gasteiger partial charge in [0.2, 0.25) is 0 Å². The Hall–Kier alpha value is -1.70. The molecule has 1 N–H and O–H groups in total. The van der Waals surface area contributed by atoms with Gasteiger partial charge in [0.1, 0.15) is 11.9 Å². The first-order valence-electron chi connectivity index (χ1n) is 8.27. The summed E-state index contributed by atoms with van der Waals surface area (Å²) in [6, 6.07) is 9.06. The highest BCUT2D eigenvalue weighted by Gasteiger charge is 2.31. The molecule has 2 aromatic rings. The van der Waals surface area contributed by atoms with Crippen LogP contribution in [0.1, 0.15) is 37.2 Å². The van der Waals surface area contributed by atoms with E-state index in [1.807, 2.05) is 48.1 Å². The molecule has 1 aliphatic heterocycles. The maximum absolute atomic E-state index is 12.9. The molecule has 24 heavy (non-hydrogen) atoms. The summed E-state index contributed by atoms with van der Waals surface area (Å²) < 4.78 is 32.1. The van der Waals surface area contributed by atoms with Gasteiger partial charge in [0, 0.05) is 32.5 Å². The van der Waals surface area contributed by atoms with E-state index in [1.54, 1.807) is 10.5 Å². The number of nitrogens with one attached hydrogen (secondary N) is 1. The largest absolute Gasteiger partial charge is 0.336 e. The van der Waals surface area contributed by atoms with E-state index in [-0.39, 0.29) is 0 Å². The smallest absolute Gasteiger partial charge is 0.280 e. The third-order valence-electron chi connectivity index (χ3n) is 4.48. The SMILES string of the molecule is C[C@H]1CCCN(S(=O)(=O)N[C@@H](c2ccccc2)c2nccn2C)C1. The van der Waals surface area contributed by atoms with Gasteiger partial charge in [0.05, 0.1) is 0 Å². The summed E-state index contributed by atoms with van der Waals surface area (Å²) in [6.45, 7) is 3.23. The van der Waals surface area contributed by atoms with Gasteiger partial charge in [-0.15, -0.1) is 0 Å². The van der Waals surface area contributed by atoms with Crippen molar-refractivity contribution in [3.05, 3.63) is 54.1 Å². The molecule has 1 saturated heterocycles. The number of hydrogen-bond acceptors (Lipinski definition) is 3. The molecule has 6 nitrogen and oxygen atoms in total. The predicted octanol–water partition coefficient (Wildman–Crippen LogP) is 2.08. The van der Waals surface area contributed by atoms with Crippen LogP contribution in [0.3, 0.4) is 0 Å². The van der Waals surface area contributed by atoms with E-state index in [2.05, 4.69) is 16.6 Å². The summed E-state index contributed by atoms with van der Waals surface area (Å²) in [7, 11) is -1.71. The summed E-state index contributed by atoms with van der Waals surface area (Å²) >= 11 is 0. The van der Waals surface area contributed by atoms with Crippen molar-refractivity contribution in [3.63, 3.8) is 0 Å². The van der Waals surface area contributed by atoms with Crippen molar-refractivity contribution < 1.29 is 8.42 Å². The number of nitrogens with zero attached hydrogens (tertiary/aromatic N) is 3. The molecular formula is C17H24N4O2S. The highest BCUT2D eigenvalue weighted by molar-refractivity contribution is 7.87. The normalized spacial score (nSPS) is 20.8. The molecule has 2 atom stereocenters. The molecule has 2 heterocycles. The van der Waals surface area contributed by atoms with Gasteiger partial charge in [0.15, 0.2) is 0 Å². The fourth-order valence-corrected chi connectivity index (χ4v) is 4.67. The Morgan fingerprint density at radius 2 is 2.04 bits per heavy atom. The van der Waals surface area contributed by atoms with Crippen LogP contribution in [0.4, 0.5) is 0 Å². The van der Waals surface area contributed by atoms with Crippen LogP contribution in [0.25, 0.3) is 0 Å². The summed E-state index contributed by atoms with van der Waals surface area (Å²) in [5.74, 6) is 1.06. The minimum Gasteiger partial charge on any atom is -0.336 e. The lowest BCUT2D eigenvalue weighted by Gasteiger charge is -2.31. The summed E-state index contributed by atoms with van der Waals surface area (Å²) in [5, 5.41) is 0. The molecule has 0 unspecified atom stereocenters. The van der Waals surface area contributed by atoms with Gasteiger partial charge in [-0.1, -0.05) is 37.3 Å². The minimum absolute atomic E-state index is 0.388. The van der Waals surface area contributed by atoms with Crippen LogP contribution in [-0.4, -0.2) is 35.4 Å². The first-order chi connectivity index (χ1) is 11.5. The van der Waals surface area contributed by atoms with E-state index < -0.39 is 16.3 Å². The molecule has 1 aromatic heterocycles. The highest BCUT2D eigenvalue weighted by Crippen LogP contribution is 2.24. The molecule has 0 spiro atoms. The number of rotatable bonds is 5. The summed E-state index contributed by atoms with van der Waals surface area (Å²) in [4.78, 5) is 4.35. The Morgan fingerprint density at radius 1 is 1.29 bits per heavy atom. The zero-order chi connectivity index (χ0) is 17.2. The lowest BCUT2D eigenvalue weighted by Crippen LogP contribution is -2.47. The molecule has 1 fully saturated rings. The van der Waals surface area contributed by atoms with Gasteiger partial charge < -0.3 is 4.57 Å². The molecule has 130 valence electrons. The van der Waals surface area contributed by atoms with Crippen molar-refractivity contribution in [2.75, 3.05) is 13.1 Å². The second-order valence-corrected chi connectivity index (χ2v) is 8.17. The molecule has 7 heteroatoms. The molecular weight excluding hydrogens is 324 g/mol. The van der Waals surface area contributed by atoms with Gasteiger partial charge in [-0.05, 0) is 24.3 Å². The molecule has 3 rings (SSSR count). The fraction of sp³-hybridized carbons (Fsp3) is 0.471. The molecule has 1 aliphatic rings. The first-order valence-corrected chi connectivity index (χ1v) is 9.71. The second kappa shape index (κ2) is 7.04. The molecule has 0 bridgehead atoms. The molecule has 0 aliphatic carbocycles. The fourth-order valence-electron chi connectivity index (χ4n) is 3.16. The van der Waals surface area contributed by atoms with E-state index in [4.69, 9.17) is 0 Å². The Balaban J connectivity index is 1.91. The minimum atomic E-state index is -3.58. The molecule has 0 saturated carbocycles. The van der Waals surface area contributed by atoms with E-state index in [0.717, 1.165) is 18.4 Å². The topological polar surface area (TPSA) is 67.2 Å². The van der Waals surface area contributed by atoms with Gasteiger partial charge in [-0.25, -0.2) is 4.98 Å². The number of piperidine rings is 1. The van der Waals surface area contributed by atoms with Crippen molar-refractivity contribution in [1.29, 1.82) is 0 Å². The van der Waals surface area contributed by atoms with Crippen molar-refractivity contribution in [3.8, 4) is 0 Å². The third kappa shape index (κ3) is 3.68. The van der Waals surface area contributed by atoms with Crippen molar-refractivity contribution >= 4 is 10.2 Å². The zero-order valence-electron chi connectivity index (χ0n) is 14.1. The van der Waals surface area contributed by atoms with Crippen LogP contribution < -0.4 is 4.72 Å². The monoisotopic (exact) mass is 348 g/mol. The Kier molecular flexibility index (Phi) is 5.03. The standard InChI is InChI=1S/C17H24N4O2S/c1-14-7-6-11-21(13-14)24(22,23)19-16(15-8-4-3-5-9-15)17-18-10-12-20(17)2/h3-5,8-10,12,14,16,19H,6-7,11,13H2,1-2H3/t14-,16-/m0/s1. The van der Waals surface area contributed by atoms with Crippen LogP contribution in [-0.2, 0) is 17.3 Å². The van der Waals surface area contributed by atoms with Crippen LogP contribution in [0.5, 0.6) is 0 Å². The van der Waals surface area contributed by atoms with Crippen molar-refractivity contribution in [2.24, 2.45) is 13.0 Å². The average molecular weight is 348 g/mol. The van der Waals surface area contributed by atoms with Gasteiger partial charge >= 0.3 is 0 Å². The lowest BCUT2D eigenvalue weighted by atomic mass is 10.0. The lowest BCUT2D eigenvalue weighted by molar-refractivity contribution is 0.277. The number of aryl methyl sites for hydroxylation is 1.